The average molecular weight is 373 g/mol. The molecule has 0 aliphatic carbocycles. The number of nitriles is 1. The molecule has 0 amide bonds. The van der Waals surface area contributed by atoms with E-state index in [2.05, 4.69) is 0 Å². The minimum Gasteiger partial charge on any atom is -0.489 e. The second-order valence-electron chi connectivity index (χ2n) is 6.24. The predicted molar refractivity (Wildman–Crippen MR) is 104 cm³/mol. The van der Waals surface area contributed by atoms with Gasteiger partial charge in [0.25, 0.3) is 0 Å². The number of ether oxygens (including phenoxy) is 2. The Kier molecular flexibility index (Phi) is 5.93. The van der Waals surface area contributed by atoms with Gasteiger partial charge in [-0.15, -0.1) is 0 Å². The van der Waals surface area contributed by atoms with Gasteiger partial charge in [-0.1, -0.05) is 54.6 Å². The van der Waals surface area contributed by atoms with Crippen LogP contribution in [0.3, 0.4) is 0 Å². The van der Waals surface area contributed by atoms with Gasteiger partial charge in [-0.25, -0.2) is 4.79 Å². The van der Waals surface area contributed by atoms with Gasteiger partial charge in [0.05, 0.1) is 5.56 Å². The number of rotatable bonds is 7. The lowest BCUT2D eigenvalue weighted by Crippen LogP contribution is -2.19. The van der Waals surface area contributed by atoms with Gasteiger partial charge in [0.15, 0.2) is 0 Å². The molecule has 0 aromatic heterocycles. The summed E-state index contributed by atoms with van der Waals surface area (Å²) in [4.78, 5) is 11.8. The van der Waals surface area contributed by atoms with Gasteiger partial charge in [0.1, 0.15) is 24.2 Å². The number of aryl methyl sites for hydroxylation is 1. The Labute approximate surface area is 163 Å². The zero-order valence-electron chi connectivity index (χ0n) is 15.3. The van der Waals surface area contributed by atoms with E-state index in [-0.39, 0.29) is 11.3 Å². The molecule has 3 rings (SSSR count). The molecule has 3 aromatic rings. The number of carboxylic acid groups (broad SMARTS) is 1. The van der Waals surface area contributed by atoms with Crippen molar-refractivity contribution in [3.63, 3.8) is 0 Å². The first-order chi connectivity index (χ1) is 13.6. The maximum Gasteiger partial charge on any atom is 0.349 e. The minimum atomic E-state index is -1.22. The van der Waals surface area contributed by atoms with Gasteiger partial charge in [-0.05, 0) is 30.2 Å². The molecule has 0 aliphatic heterocycles. The van der Waals surface area contributed by atoms with Crippen molar-refractivity contribution in [3.8, 4) is 17.6 Å². The van der Waals surface area contributed by atoms with E-state index >= 15 is 0 Å². The summed E-state index contributed by atoms with van der Waals surface area (Å²) in [6.07, 6.45) is -1.22. The van der Waals surface area contributed by atoms with E-state index in [0.29, 0.717) is 17.9 Å². The van der Waals surface area contributed by atoms with E-state index in [4.69, 9.17) is 9.47 Å². The number of nitrogens with zero attached hydrogens (tertiary/aromatic N) is 1. The van der Waals surface area contributed by atoms with Crippen LogP contribution in [0.2, 0.25) is 0 Å². The number of aliphatic carboxylic acids is 1. The molecule has 1 unspecified atom stereocenters. The van der Waals surface area contributed by atoms with Crippen molar-refractivity contribution in [2.45, 2.75) is 19.6 Å². The Bertz CT molecular complexity index is 1010. The molecule has 140 valence electrons. The van der Waals surface area contributed by atoms with Gasteiger partial charge in [-0.3, -0.25) is 0 Å². The molecule has 0 bridgehead atoms. The van der Waals surface area contributed by atoms with Crippen LogP contribution in [0.4, 0.5) is 0 Å². The van der Waals surface area contributed by atoms with E-state index in [0.717, 1.165) is 11.1 Å². The number of benzene rings is 3. The van der Waals surface area contributed by atoms with E-state index in [1.54, 1.807) is 30.3 Å². The fraction of sp³-hybridized carbons (Fsp3) is 0.130. The van der Waals surface area contributed by atoms with Crippen LogP contribution in [0.1, 0.15) is 28.4 Å². The zero-order chi connectivity index (χ0) is 19.9. The Morgan fingerprint density at radius 3 is 2.46 bits per heavy atom. The van der Waals surface area contributed by atoms with Crippen LogP contribution in [0.25, 0.3) is 0 Å². The summed E-state index contributed by atoms with van der Waals surface area (Å²) in [5.41, 5.74) is 2.57. The highest BCUT2D eigenvalue weighted by Gasteiger charge is 2.25. The van der Waals surface area contributed by atoms with Crippen LogP contribution in [-0.2, 0) is 11.4 Å². The highest BCUT2D eigenvalue weighted by atomic mass is 16.5. The normalized spacial score (nSPS) is 11.3. The molecule has 28 heavy (non-hydrogen) atoms. The Morgan fingerprint density at radius 2 is 1.79 bits per heavy atom. The van der Waals surface area contributed by atoms with Crippen molar-refractivity contribution >= 4 is 5.97 Å². The summed E-state index contributed by atoms with van der Waals surface area (Å²) in [5, 5.41) is 19.0. The van der Waals surface area contributed by atoms with E-state index < -0.39 is 12.1 Å². The van der Waals surface area contributed by atoms with E-state index in [1.165, 1.54) is 0 Å². The van der Waals surface area contributed by atoms with E-state index in [1.807, 2.05) is 55.5 Å². The molecule has 5 heteroatoms. The molecule has 1 atom stereocenters. The smallest absolute Gasteiger partial charge is 0.349 e. The number of carbonyl (C=O) groups is 1. The fourth-order valence-corrected chi connectivity index (χ4v) is 2.78. The van der Waals surface area contributed by atoms with Crippen LogP contribution >= 0.6 is 0 Å². The second kappa shape index (κ2) is 8.74. The van der Waals surface area contributed by atoms with Gasteiger partial charge in [0, 0.05) is 11.6 Å². The van der Waals surface area contributed by atoms with Crippen molar-refractivity contribution in [2.75, 3.05) is 0 Å². The summed E-state index contributed by atoms with van der Waals surface area (Å²) in [7, 11) is 0. The quantitative estimate of drug-likeness (QED) is 0.652. The fourth-order valence-electron chi connectivity index (χ4n) is 2.78. The lowest BCUT2D eigenvalue weighted by Gasteiger charge is -2.19. The lowest BCUT2D eigenvalue weighted by molar-refractivity contribution is -0.145. The standard InChI is InChI=1S/C23H19NO4/c1-16-7-5-6-10-20(16)22(23(25)26)28-21-13-19(12-11-18(21)14-24)27-15-17-8-3-2-4-9-17/h2-13,22H,15H2,1H3,(H,25,26). The Morgan fingerprint density at radius 1 is 1.07 bits per heavy atom. The summed E-state index contributed by atoms with van der Waals surface area (Å²) in [6, 6.07) is 23.6. The maximum absolute atomic E-state index is 11.8. The largest absolute Gasteiger partial charge is 0.489 e. The third-order valence-electron chi connectivity index (χ3n) is 4.26. The first-order valence-electron chi connectivity index (χ1n) is 8.74. The lowest BCUT2D eigenvalue weighted by atomic mass is 10.0. The zero-order valence-corrected chi connectivity index (χ0v) is 15.3. The molecule has 1 N–H and O–H groups in total. The third kappa shape index (κ3) is 4.49. The number of carboxylic acids is 1. The molecule has 0 spiro atoms. The van der Waals surface area contributed by atoms with Crippen LogP contribution in [0.15, 0.2) is 72.8 Å². The predicted octanol–water partition coefficient (Wildman–Crippen LogP) is 4.65. The van der Waals surface area contributed by atoms with Crippen LogP contribution in [0, 0.1) is 18.3 Å². The molecule has 0 radical (unpaired) electrons. The minimum absolute atomic E-state index is 0.170. The maximum atomic E-state index is 11.8. The van der Waals surface area contributed by atoms with Crippen LogP contribution in [0.5, 0.6) is 11.5 Å². The van der Waals surface area contributed by atoms with Crippen molar-refractivity contribution in [1.29, 1.82) is 5.26 Å². The highest BCUT2D eigenvalue weighted by molar-refractivity contribution is 5.75. The van der Waals surface area contributed by atoms with Crippen molar-refractivity contribution in [2.24, 2.45) is 0 Å². The molecule has 0 fully saturated rings. The summed E-state index contributed by atoms with van der Waals surface area (Å²) in [5.74, 6) is -0.468. The summed E-state index contributed by atoms with van der Waals surface area (Å²) < 4.78 is 11.5. The molecule has 0 saturated heterocycles. The molecular formula is C23H19NO4. The third-order valence-corrected chi connectivity index (χ3v) is 4.26. The molecule has 0 heterocycles. The van der Waals surface area contributed by atoms with Crippen molar-refractivity contribution < 1.29 is 19.4 Å². The van der Waals surface area contributed by atoms with Gasteiger partial charge in [0.2, 0.25) is 6.10 Å². The molecule has 0 aliphatic rings. The molecule has 3 aromatic carbocycles. The Hall–Kier alpha value is -3.78. The molecule has 0 saturated carbocycles. The highest BCUT2D eigenvalue weighted by Crippen LogP contribution is 2.30. The number of hydrogen-bond donors (Lipinski definition) is 1. The molecular weight excluding hydrogens is 354 g/mol. The van der Waals surface area contributed by atoms with Crippen LogP contribution < -0.4 is 9.47 Å². The van der Waals surface area contributed by atoms with Crippen molar-refractivity contribution in [3.05, 3.63) is 95.1 Å². The summed E-state index contributed by atoms with van der Waals surface area (Å²) >= 11 is 0. The van der Waals surface area contributed by atoms with E-state index in [9.17, 15) is 15.2 Å². The van der Waals surface area contributed by atoms with Crippen LogP contribution in [-0.4, -0.2) is 11.1 Å². The van der Waals surface area contributed by atoms with Gasteiger partial charge < -0.3 is 14.6 Å². The average Bonchev–Trinajstić information content (AvgIpc) is 2.72. The second-order valence-corrected chi connectivity index (χ2v) is 6.24. The van der Waals surface area contributed by atoms with Crippen molar-refractivity contribution in [1.82, 2.24) is 0 Å². The first-order valence-corrected chi connectivity index (χ1v) is 8.74. The van der Waals surface area contributed by atoms with Gasteiger partial charge in [-0.2, -0.15) is 5.26 Å². The monoisotopic (exact) mass is 373 g/mol. The first kappa shape index (κ1) is 19.0. The van der Waals surface area contributed by atoms with Gasteiger partial charge >= 0.3 is 5.97 Å². The Balaban J connectivity index is 1.86. The topological polar surface area (TPSA) is 79.5 Å². The molecule has 5 nitrogen and oxygen atoms in total. The summed E-state index contributed by atoms with van der Waals surface area (Å²) in [6.45, 7) is 2.17. The SMILES string of the molecule is Cc1ccccc1C(Oc1cc(OCc2ccccc2)ccc1C#N)C(=O)O. The number of hydrogen-bond acceptors (Lipinski definition) is 4.